The molecular formula is C18H16ClNO5. The summed E-state index contributed by atoms with van der Waals surface area (Å²) in [7, 11) is 0. The number of aliphatic hydroxyl groups is 1. The molecule has 7 heteroatoms. The predicted molar refractivity (Wildman–Crippen MR) is 94.2 cm³/mol. The van der Waals surface area contributed by atoms with Crippen molar-refractivity contribution in [3.05, 3.63) is 54.3 Å². The molecule has 6 nitrogen and oxygen atoms in total. The van der Waals surface area contributed by atoms with Gasteiger partial charge in [-0.1, -0.05) is 24.3 Å². The second-order valence-electron chi connectivity index (χ2n) is 5.03. The summed E-state index contributed by atoms with van der Waals surface area (Å²) >= 11 is 5.21. The fourth-order valence-corrected chi connectivity index (χ4v) is 2.55. The van der Waals surface area contributed by atoms with E-state index in [4.69, 9.17) is 16.3 Å². The van der Waals surface area contributed by atoms with Crippen LogP contribution in [0.25, 0.3) is 16.7 Å². The van der Waals surface area contributed by atoms with Gasteiger partial charge in [0.15, 0.2) is 11.3 Å². The van der Waals surface area contributed by atoms with Gasteiger partial charge < -0.3 is 14.4 Å². The van der Waals surface area contributed by atoms with Gasteiger partial charge in [0.25, 0.3) is 11.0 Å². The minimum Gasteiger partial charge on any atom is -0.505 e. The van der Waals surface area contributed by atoms with Crippen molar-refractivity contribution in [1.29, 1.82) is 0 Å². The van der Waals surface area contributed by atoms with Crippen LogP contribution in [0.2, 0.25) is 0 Å². The number of para-hydroxylation sites is 1. The van der Waals surface area contributed by atoms with E-state index in [2.05, 4.69) is 6.58 Å². The molecule has 0 saturated heterocycles. The van der Waals surface area contributed by atoms with Gasteiger partial charge in [0.1, 0.15) is 0 Å². The minimum absolute atomic E-state index is 0.0327. The molecule has 0 aliphatic rings. The molecule has 1 heterocycles. The number of nitrogens with zero attached hydrogens (tertiary/aromatic N) is 1. The van der Waals surface area contributed by atoms with Crippen molar-refractivity contribution in [3.63, 3.8) is 0 Å². The summed E-state index contributed by atoms with van der Waals surface area (Å²) in [5.41, 5.74) is 0.141. The molecule has 2 rings (SSSR count). The second-order valence-corrected chi connectivity index (χ2v) is 5.38. The van der Waals surface area contributed by atoms with Crippen LogP contribution in [0.15, 0.2) is 48.6 Å². The van der Waals surface area contributed by atoms with E-state index in [0.29, 0.717) is 6.54 Å². The first-order valence-electron chi connectivity index (χ1n) is 7.46. The number of Topliss-reactive ketones (excluding diaryl/α,β-unsaturated/α-hetero) is 1. The third-order valence-electron chi connectivity index (χ3n) is 3.49. The highest BCUT2D eigenvalue weighted by Gasteiger charge is 2.31. The zero-order valence-electron chi connectivity index (χ0n) is 13.5. The lowest BCUT2D eigenvalue weighted by Crippen LogP contribution is -2.22. The van der Waals surface area contributed by atoms with Gasteiger partial charge in [-0.25, -0.2) is 4.79 Å². The molecule has 130 valence electrons. The lowest BCUT2D eigenvalue weighted by Gasteiger charge is -2.11. The fourth-order valence-electron chi connectivity index (χ4n) is 2.46. The number of fused-ring (bicyclic) bond motifs is 1. The molecule has 0 bridgehead atoms. The summed E-state index contributed by atoms with van der Waals surface area (Å²) in [6.07, 6.45) is 1.60. The standard InChI is InChI=1S/C18H16ClNO5/c1-3-9-20-12-8-6-5-7-11(12)10-13(20)15(21)14(16(22)17(19)23)18(24)25-4-2/h3,5-8,10,21H,1,4,9H2,2H3. The van der Waals surface area contributed by atoms with Crippen molar-refractivity contribution in [3.8, 4) is 0 Å². The van der Waals surface area contributed by atoms with Crippen molar-refractivity contribution >= 4 is 45.3 Å². The Hall–Kier alpha value is -2.86. The van der Waals surface area contributed by atoms with E-state index < -0.39 is 28.3 Å². The Morgan fingerprint density at radius 1 is 1.32 bits per heavy atom. The summed E-state index contributed by atoms with van der Waals surface area (Å²) in [6.45, 7) is 5.48. The Kier molecular flexibility index (Phi) is 5.77. The van der Waals surface area contributed by atoms with Crippen molar-refractivity contribution in [2.75, 3.05) is 6.61 Å². The molecule has 0 radical (unpaired) electrons. The molecule has 1 aromatic heterocycles. The first-order chi connectivity index (χ1) is 11.9. The van der Waals surface area contributed by atoms with Gasteiger partial charge >= 0.3 is 5.97 Å². The van der Waals surface area contributed by atoms with Crippen LogP contribution in [0.4, 0.5) is 0 Å². The van der Waals surface area contributed by atoms with Gasteiger partial charge in [-0.3, -0.25) is 9.59 Å². The van der Waals surface area contributed by atoms with Gasteiger partial charge in [0.2, 0.25) is 0 Å². The van der Waals surface area contributed by atoms with Crippen LogP contribution in [-0.4, -0.2) is 33.3 Å². The monoisotopic (exact) mass is 361 g/mol. The zero-order chi connectivity index (χ0) is 18.6. The summed E-state index contributed by atoms with van der Waals surface area (Å²) in [5, 5.41) is 9.99. The maximum Gasteiger partial charge on any atom is 0.346 e. The topological polar surface area (TPSA) is 85.6 Å². The summed E-state index contributed by atoms with van der Waals surface area (Å²) in [5.74, 6) is -3.11. The van der Waals surface area contributed by atoms with Crippen molar-refractivity contribution in [1.82, 2.24) is 4.57 Å². The number of allylic oxidation sites excluding steroid dienone is 1. The lowest BCUT2D eigenvalue weighted by molar-refractivity contribution is -0.141. The number of carbonyl (C=O) groups is 3. The Bertz CT molecular complexity index is 894. The number of esters is 1. The molecule has 0 saturated carbocycles. The Morgan fingerprint density at radius 2 is 2.00 bits per heavy atom. The molecule has 1 aromatic carbocycles. The minimum atomic E-state index is -1.39. The smallest absolute Gasteiger partial charge is 0.346 e. The lowest BCUT2D eigenvalue weighted by atomic mass is 10.1. The van der Waals surface area contributed by atoms with Gasteiger partial charge in [-0.05, 0) is 30.7 Å². The quantitative estimate of drug-likeness (QED) is 0.120. The van der Waals surface area contributed by atoms with Crippen LogP contribution in [0.1, 0.15) is 12.6 Å². The number of hydrogen-bond donors (Lipinski definition) is 1. The number of ether oxygens (including phenoxy) is 1. The second kappa shape index (κ2) is 7.81. The van der Waals surface area contributed by atoms with E-state index in [-0.39, 0.29) is 12.3 Å². The molecule has 0 unspecified atom stereocenters. The molecule has 0 fully saturated rings. The molecule has 0 amide bonds. The molecule has 0 aliphatic heterocycles. The molecule has 0 atom stereocenters. The van der Waals surface area contributed by atoms with Crippen LogP contribution in [0, 0.1) is 0 Å². The summed E-state index contributed by atoms with van der Waals surface area (Å²) < 4.78 is 6.43. The molecule has 1 N–H and O–H groups in total. The summed E-state index contributed by atoms with van der Waals surface area (Å²) in [6, 6.07) is 8.84. The van der Waals surface area contributed by atoms with E-state index in [1.165, 1.54) is 6.92 Å². The predicted octanol–water partition coefficient (Wildman–Crippen LogP) is 2.99. The van der Waals surface area contributed by atoms with E-state index in [0.717, 1.165) is 10.9 Å². The number of rotatable bonds is 7. The van der Waals surface area contributed by atoms with Crippen LogP contribution < -0.4 is 0 Å². The Morgan fingerprint density at radius 3 is 2.60 bits per heavy atom. The zero-order valence-corrected chi connectivity index (χ0v) is 14.2. The van der Waals surface area contributed by atoms with Gasteiger partial charge in [0.05, 0.1) is 12.3 Å². The highest BCUT2D eigenvalue weighted by Crippen LogP contribution is 2.27. The van der Waals surface area contributed by atoms with Gasteiger partial charge in [0, 0.05) is 17.4 Å². The third-order valence-corrected chi connectivity index (χ3v) is 3.66. The van der Waals surface area contributed by atoms with Crippen LogP contribution in [0.5, 0.6) is 0 Å². The molecule has 25 heavy (non-hydrogen) atoms. The maximum atomic E-state index is 12.1. The van der Waals surface area contributed by atoms with Crippen molar-refractivity contribution < 1.29 is 24.2 Å². The number of hydrogen-bond acceptors (Lipinski definition) is 5. The largest absolute Gasteiger partial charge is 0.505 e. The van der Waals surface area contributed by atoms with E-state index in [9.17, 15) is 19.5 Å². The first kappa shape index (κ1) is 18.5. The number of aromatic nitrogens is 1. The number of ketones is 1. The third kappa shape index (κ3) is 3.64. The SMILES string of the molecule is C=CCn1c(C(O)=C(C(=O)OCC)C(=O)C(=O)Cl)cc2ccccc21. The first-order valence-corrected chi connectivity index (χ1v) is 7.84. The Balaban J connectivity index is 2.76. The normalized spacial score (nSPS) is 11.8. The highest BCUT2D eigenvalue weighted by atomic mass is 35.5. The van der Waals surface area contributed by atoms with E-state index in [1.54, 1.807) is 16.7 Å². The van der Waals surface area contributed by atoms with E-state index >= 15 is 0 Å². The Labute approximate surface area is 148 Å². The molecular weight excluding hydrogens is 346 g/mol. The summed E-state index contributed by atoms with van der Waals surface area (Å²) in [4.78, 5) is 35.4. The highest BCUT2D eigenvalue weighted by molar-refractivity contribution is 6.84. The number of halogens is 1. The number of benzene rings is 1. The van der Waals surface area contributed by atoms with Crippen molar-refractivity contribution in [2.45, 2.75) is 13.5 Å². The number of aliphatic hydroxyl groups excluding tert-OH is 1. The van der Waals surface area contributed by atoms with Crippen LogP contribution >= 0.6 is 11.6 Å². The molecule has 0 aliphatic carbocycles. The van der Waals surface area contributed by atoms with E-state index in [1.807, 2.05) is 24.3 Å². The molecule has 2 aromatic rings. The average Bonchev–Trinajstić information content (AvgIpc) is 2.94. The van der Waals surface area contributed by atoms with Crippen LogP contribution in [0.3, 0.4) is 0 Å². The fraction of sp³-hybridized carbons (Fsp3) is 0.167. The van der Waals surface area contributed by atoms with Gasteiger partial charge in [-0.2, -0.15) is 0 Å². The number of carbonyl (C=O) groups excluding carboxylic acids is 3. The molecule has 0 spiro atoms. The average molecular weight is 362 g/mol. The van der Waals surface area contributed by atoms with Crippen molar-refractivity contribution in [2.24, 2.45) is 0 Å². The van der Waals surface area contributed by atoms with Crippen LogP contribution in [-0.2, 0) is 25.7 Å². The maximum absolute atomic E-state index is 12.1. The van der Waals surface area contributed by atoms with Gasteiger partial charge in [-0.15, -0.1) is 6.58 Å².